The Morgan fingerprint density at radius 2 is 1.71 bits per heavy atom. The van der Waals surface area contributed by atoms with E-state index in [9.17, 15) is 6.18 Å². The molecule has 0 atom stereocenters. The van der Waals surface area contributed by atoms with Crippen LogP contribution < -0.4 is 0 Å². The molecule has 1 aliphatic carbocycles. The zero-order valence-corrected chi connectivity index (χ0v) is 9.49. The first-order chi connectivity index (χ1) is 6.81. The normalized spacial score (nSPS) is 12.4. The number of halogens is 2. The molecule has 1 radical (unpaired) electrons. The third-order valence-corrected chi connectivity index (χ3v) is 2.09. The van der Waals surface area contributed by atoms with Crippen LogP contribution in [0.1, 0.15) is 24.5 Å². The van der Waals surface area contributed by atoms with Crippen LogP contribution in [0.15, 0.2) is 29.8 Å². The summed E-state index contributed by atoms with van der Waals surface area (Å²) in [5, 5.41) is 0. The molecule has 73 valence electrons. The number of allylic oxidation sites excluding steroid dienone is 1. The van der Waals surface area contributed by atoms with Crippen molar-refractivity contribution in [2.75, 3.05) is 0 Å². The SMILES string of the molecule is CCC1=Cc2ccccc2[CH]1.[F][Ti][F]. The van der Waals surface area contributed by atoms with Crippen LogP contribution in [0.4, 0.5) is 6.18 Å². The molecule has 0 aromatic heterocycles. The average molecular weight is 229 g/mol. The second-order valence-corrected chi connectivity index (χ2v) is 3.14. The molecule has 1 aliphatic rings. The third kappa shape index (κ3) is 3.04. The fourth-order valence-corrected chi connectivity index (χ4v) is 1.42. The van der Waals surface area contributed by atoms with Gasteiger partial charge in [-0.1, -0.05) is 42.8 Å². The number of fused-ring (bicyclic) bond motifs is 1. The zero-order chi connectivity index (χ0) is 10.4. The first-order valence-electron chi connectivity index (χ1n) is 4.42. The maximum atomic E-state index is 9.75. The van der Waals surface area contributed by atoms with Crippen LogP contribution in [0.5, 0.6) is 0 Å². The van der Waals surface area contributed by atoms with Crippen LogP contribution in [-0.4, -0.2) is 0 Å². The van der Waals surface area contributed by atoms with Crippen molar-refractivity contribution in [3.05, 3.63) is 47.4 Å². The van der Waals surface area contributed by atoms with Crippen LogP contribution >= 0.6 is 0 Å². The number of rotatable bonds is 1. The van der Waals surface area contributed by atoms with E-state index in [4.69, 9.17) is 0 Å². The van der Waals surface area contributed by atoms with Crippen LogP contribution in [0.2, 0.25) is 0 Å². The average Bonchev–Trinajstić information content (AvgIpc) is 2.61. The molecule has 0 aliphatic heterocycles. The molecule has 0 saturated carbocycles. The Morgan fingerprint density at radius 1 is 1.14 bits per heavy atom. The van der Waals surface area contributed by atoms with Crippen molar-refractivity contribution in [3.8, 4) is 0 Å². The molecule has 0 spiro atoms. The molecule has 0 N–H and O–H groups in total. The summed E-state index contributed by atoms with van der Waals surface area (Å²) in [6.45, 7) is 2.19. The summed E-state index contributed by atoms with van der Waals surface area (Å²) in [6.07, 6.45) is 5.65. The van der Waals surface area contributed by atoms with Gasteiger partial charge in [-0.3, -0.25) is 0 Å². The van der Waals surface area contributed by atoms with E-state index in [0.29, 0.717) is 0 Å². The predicted octanol–water partition coefficient (Wildman–Crippen LogP) is 3.88. The first kappa shape index (κ1) is 11.6. The molecule has 0 unspecified atom stereocenters. The van der Waals surface area contributed by atoms with E-state index in [2.05, 4.69) is 43.7 Å². The van der Waals surface area contributed by atoms with E-state index in [0.717, 1.165) is 6.42 Å². The molecular formula is C11H11F2Ti. The van der Waals surface area contributed by atoms with Gasteiger partial charge in [-0.2, -0.15) is 0 Å². The standard InChI is InChI=1S/C11H11.2FH.Ti/c1-2-9-7-10-5-3-4-6-11(10)8-9;;;/h3-8H,2H2,1H3;2*1H;/q;;;+2/p-2. The van der Waals surface area contributed by atoms with Crippen molar-refractivity contribution < 1.29 is 26.4 Å². The van der Waals surface area contributed by atoms with Crippen molar-refractivity contribution in [3.63, 3.8) is 0 Å². The molecule has 0 amide bonds. The minimum absolute atomic E-state index is 1.13. The molecule has 0 saturated heterocycles. The van der Waals surface area contributed by atoms with Gasteiger partial charge in [0.15, 0.2) is 0 Å². The van der Waals surface area contributed by atoms with Gasteiger partial charge in [0.25, 0.3) is 0 Å². The second kappa shape index (κ2) is 6.10. The van der Waals surface area contributed by atoms with Crippen LogP contribution in [0.3, 0.4) is 0 Å². The zero-order valence-electron chi connectivity index (χ0n) is 7.93. The van der Waals surface area contributed by atoms with E-state index in [-0.39, 0.29) is 0 Å². The fourth-order valence-electron chi connectivity index (χ4n) is 1.42. The van der Waals surface area contributed by atoms with Gasteiger partial charge in [-0.05, 0) is 17.5 Å². The second-order valence-electron chi connectivity index (χ2n) is 2.92. The summed E-state index contributed by atoms with van der Waals surface area (Å²) in [5.41, 5.74) is 4.17. The molecule has 2 rings (SSSR count). The first-order valence-corrected chi connectivity index (χ1v) is 5.60. The predicted molar refractivity (Wildman–Crippen MR) is 50.3 cm³/mol. The number of hydrogen-bond acceptors (Lipinski definition) is 0. The van der Waals surface area contributed by atoms with E-state index in [1.54, 1.807) is 0 Å². The Kier molecular flexibility index (Phi) is 5.06. The molecule has 0 heterocycles. The molecular weight excluding hydrogens is 218 g/mol. The molecule has 14 heavy (non-hydrogen) atoms. The Hall–Kier alpha value is -0.466. The molecule has 0 bridgehead atoms. The summed E-state index contributed by atoms with van der Waals surface area (Å²) in [5.74, 6) is 0. The Labute approximate surface area is 93.3 Å². The molecule has 1 aromatic carbocycles. The summed E-state index contributed by atoms with van der Waals surface area (Å²) in [4.78, 5) is 0. The van der Waals surface area contributed by atoms with Gasteiger partial charge in [-0.15, -0.1) is 0 Å². The topological polar surface area (TPSA) is 0 Å². The monoisotopic (exact) mass is 229 g/mol. The molecule has 0 nitrogen and oxygen atoms in total. The number of hydrogen-bond donors (Lipinski definition) is 0. The van der Waals surface area contributed by atoms with Crippen molar-refractivity contribution in [2.24, 2.45) is 0 Å². The van der Waals surface area contributed by atoms with Crippen molar-refractivity contribution >= 4 is 6.08 Å². The van der Waals surface area contributed by atoms with E-state index < -0.39 is 20.2 Å². The minimum atomic E-state index is -2.50. The van der Waals surface area contributed by atoms with E-state index in [1.165, 1.54) is 16.7 Å². The fraction of sp³-hybridized carbons (Fsp3) is 0.182. The van der Waals surface area contributed by atoms with Gasteiger partial charge in [0, 0.05) is 6.42 Å². The Bertz CT molecular complexity index is 321. The molecule has 0 fully saturated rings. The summed E-state index contributed by atoms with van der Waals surface area (Å²) >= 11 is -2.50. The van der Waals surface area contributed by atoms with Gasteiger partial charge in [0.1, 0.15) is 0 Å². The van der Waals surface area contributed by atoms with Crippen molar-refractivity contribution in [2.45, 2.75) is 13.3 Å². The third-order valence-electron chi connectivity index (χ3n) is 2.09. The Morgan fingerprint density at radius 3 is 2.21 bits per heavy atom. The van der Waals surface area contributed by atoms with Gasteiger partial charge < -0.3 is 0 Å². The van der Waals surface area contributed by atoms with Crippen molar-refractivity contribution in [1.82, 2.24) is 0 Å². The van der Waals surface area contributed by atoms with E-state index >= 15 is 0 Å². The van der Waals surface area contributed by atoms with Gasteiger partial charge in [0.05, 0.1) is 0 Å². The van der Waals surface area contributed by atoms with Gasteiger partial charge in [0.2, 0.25) is 0 Å². The van der Waals surface area contributed by atoms with Gasteiger partial charge >= 0.3 is 26.4 Å². The van der Waals surface area contributed by atoms with Crippen LogP contribution in [0, 0.1) is 6.42 Å². The van der Waals surface area contributed by atoms with Crippen LogP contribution in [-0.2, 0) is 20.2 Å². The van der Waals surface area contributed by atoms with Crippen LogP contribution in [0.25, 0.3) is 6.08 Å². The van der Waals surface area contributed by atoms with Gasteiger partial charge in [-0.25, -0.2) is 0 Å². The van der Waals surface area contributed by atoms with E-state index in [1.807, 2.05) is 0 Å². The summed E-state index contributed by atoms with van der Waals surface area (Å²) < 4.78 is 19.5. The molecule has 1 aromatic rings. The molecule has 3 heteroatoms. The summed E-state index contributed by atoms with van der Waals surface area (Å²) in [6, 6.07) is 8.49. The maximum absolute atomic E-state index is 9.75. The Balaban J connectivity index is 0.000000293. The quantitative estimate of drug-likeness (QED) is 0.641. The summed E-state index contributed by atoms with van der Waals surface area (Å²) in [7, 11) is 0. The van der Waals surface area contributed by atoms with Crippen molar-refractivity contribution in [1.29, 1.82) is 0 Å². The number of benzene rings is 1.